The molecule has 3 nitrogen and oxygen atoms in total. The van der Waals surface area contributed by atoms with Crippen LogP contribution in [0.2, 0.25) is 0 Å². The molecule has 0 heterocycles. The fourth-order valence-corrected chi connectivity index (χ4v) is 1.99. The Balaban J connectivity index is 3.70. The van der Waals surface area contributed by atoms with Gasteiger partial charge in [0.2, 0.25) is 0 Å². The van der Waals surface area contributed by atoms with Gasteiger partial charge in [-0.2, -0.15) is 0 Å². The minimum Gasteiger partial charge on any atom is -0.468 e. The molecule has 0 aliphatic rings. The van der Waals surface area contributed by atoms with Crippen molar-refractivity contribution >= 4 is 5.97 Å². The number of nitrogens with zero attached hydrogens (tertiary/aromatic N) is 1. The molecule has 0 N–H and O–H groups in total. The monoisotopic (exact) mass is 257 g/mol. The summed E-state index contributed by atoms with van der Waals surface area (Å²) in [5, 5.41) is 0. The van der Waals surface area contributed by atoms with E-state index in [9.17, 15) is 4.79 Å². The average Bonchev–Trinajstić information content (AvgIpc) is 2.36. The van der Waals surface area contributed by atoms with Crippen LogP contribution in [0.4, 0.5) is 0 Å². The van der Waals surface area contributed by atoms with Crippen molar-refractivity contribution in [3.8, 4) is 0 Å². The fraction of sp³-hybridized carbons (Fsp3) is 0.933. The van der Waals surface area contributed by atoms with E-state index in [-0.39, 0.29) is 5.97 Å². The lowest BCUT2D eigenvalue weighted by Gasteiger charge is -2.32. The van der Waals surface area contributed by atoms with Crippen LogP contribution in [0.15, 0.2) is 0 Å². The molecule has 0 spiro atoms. The van der Waals surface area contributed by atoms with Crippen molar-refractivity contribution in [2.75, 3.05) is 20.7 Å². The highest BCUT2D eigenvalue weighted by atomic mass is 16.5. The number of unbranched alkanes of at least 4 members (excludes halogenated alkanes) is 6. The number of likely N-dealkylation sites (N-methyl/N-ethyl adjacent to an activating group) is 1. The number of ether oxygens (including phenoxy) is 1. The highest BCUT2D eigenvalue weighted by molar-refractivity contribution is 5.79. The van der Waals surface area contributed by atoms with Crippen LogP contribution in [0.25, 0.3) is 0 Å². The number of carbonyl (C=O) groups excluding carboxylic acids is 1. The summed E-state index contributed by atoms with van der Waals surface area (Å²) in [7, 11) is 3.44. The maximum absolute atomic E-state index is 11.6. The first-order valence-electron chi connectivity index (χ1n) is 7.26. The van der Waals surface area contributed by atoms with Gasteiger partial charge in [0, 0.05) is 0 Å². The lowest BCUT2D eigenvalue weighted by atomic mass is 10.0. The van der Waals surface area contributed by atoms with E-state index < -0.39 is 5.54 Å². The number of esters is 1. The second kappa shape index (κ2) is 9.37. The molecular formula is C15H31NO2. The lowest BCUT2D eigenvalue weighted by Crippen LogP contribution is -2.48. The molecule has 0 amide bonds. The van der Waals surface area contributed by atoms with Crippen LogP contribution in [-0.4, -0.2) is 37.1 Å². The highest BCUT2D eigenvalue weighted by Crippen LogP contribution is 2.15. The second-order valence-corrected chi connectivity index (χ2v) is 5.59. The Labute approximate surface area is 113 Å². The standard InChI is InChI=1S/C15H31NO2/c1-6-7-8-9-10-11-12-13-16(4)15(2,3)14(17)18-5/h6-13H2,1-5H3. The molecular weight excluding hydrogens is 226 g/mol. The summed E-state index contributed by atoms with van der Waals surface area (Å²) >= 11 is 0. The Morgan fingerprint density at radius 3 is 2.06 bits per heavy atom. The molecule has 0 fully saturated rings. The molecule has 0 atom stereocenters. The molecule has 3 heteroatoms. The van der Waals surface area contributed by atoms with Crippen molar-refractivity contribution in [2.24, 2.45) is 0 Å². The van der Waals surface area contributed by atoms with E-state index in [1.54, 1.807) is 0 Å². The van der Waals surface area contributed by atoms with Crippen molar-refractivity contribution in [3.05, 3.63) is 0 Å². The van der Waals surface area contributed by atoms with Crippen molar-refractivity contribution < 1.29 is 9.53 Å². The Morgan fingerprint density at radius 1 is 1.06 bits per heavy atom. The number of carbonyl (C=O) groups is 1. The number of methoxy groups -OCH3 is 1. The normalized spacial score (nSPS) is 11.9. The summed E-state index contributed by atoms with van der Waals surface area (Å²) in [6.45, 7) is 7.03. The summed E-state index contributed by atoms with van der Waals surface area (Å²) in [6.07, 6.45) is 9.09. The molecule has 0 aromatic rings. The van der Waals surface area contributed by atoms with Gasteiger partial charge in [0.1, 0.15) is 5.54 Å². The Kier molecular flexibility index (Phi) is 9.08. The van der Waals surface area contributed by atoms with Gasteiger partial charge < -0.3 is 4.74 Å². The van der Waals surface area contributed by atoms with E-state index in [4.69, 9.17) is 4.74 Å². The highest BCUT2D eigenvalue weighted by Gasteiger charge is 2.32. The maximum Gasteiger partial charge on any atom is 0.325 e. The number of rotatable bonds is 10. The third kappa shape index (κ3) is 6.39. The van der Waals surface area contributed by atoms with Gasteiger partial charge in [0.25, 0.3) is 0 Å². The topological polar surface area (TPSA) is 29.5 Å². The van der Waals surface area contributed by atoms with Gasteiger partial charge in [-0.25, -0.2) is 0 Å². The molecule has 0 radical (unpaired) electrons. The molecule has 0 saturated heterocycles. The molecule has 0 unspecified atom stereocenters. The Bertz CT molecular complexity index is 227. The summed E-state index contributed by atoms with van der Waals surface area (Å²) in [5.74, 6) is -0.159. The maximum atomic E-state index is 11.6. The van der Waals surface area contributed by atoms with Crippen molar-refractivity contribution in [3.63, 3.8) is 0 Å². The second-order valence-electron chi connectivity index (χ2n) is 5.59. The molecule has 0 aliphatic heterocycles. The summed E-state index contributed by atoms with van der Waals surface area (Å²) in [5.41, 5.74) is -0.517. The van der Waals surface area contributed by atoms with Gasteiger partial charge in [-0.15, -0.1) is 0 Å². The lowest BCUT2D eigenvalue weighted by molar-refractivity contribution is -0.152. The molecule has 0 aliphatic carbocycles. The van der Waals surface area contributed by atoms with Crippen molar-refractivity contribution in [2.45, 2.75) is 71.3 Å². The zero-order valence-corrected chi connectivity index (χ0v) is 12.9. The van der Waals surface area contributed by atoms with Crippen LogP contribution in [0, 0.1) is 0 Å². The Hall–Kier alpha value is -0.570. The molecule has 0 aromatic heterocycles. The van der Waals surface area contributed by atoms with E-state index in [0.29, 0.717) is 0 Å². The molecule has 18 heavy (non-hydrogen) atoms. The minimum atomic E-state index is -0.517. The SMILES string of the molecule is CCCCCCCCCN(C)C(C)(C)C(=O)OC. The van der Waals surface area contributed by atoms with Crippen LogP contribution in [0.1, 0.15) is 65.7 Å². The summed E-state index contributed by atoms with van der Waals surface area (Å²) in [4.78, 5) is 13.7. The first-order chi connectivity index (χ1) is 8.46. The number of hydrogen-bond donors (Lipinski definition) is 0. The van der Waals surface area contributed by atoms with Crippen LogP contribution in [0.5, 0.6) is 0 Å². The van der Waals surface area contributed by atoms with Gasteiger partial charge in [-0.05, 0) is 33.9 Å². The van der Waals surface area contributed by atoms with Gasteiger partial charge in [0.05, 0.1) is 7.11 Å². The average molecular weight is 257 g/mol. The fourth-order valence-electron chi connectivity index (χ4n) is 1.99. The van der Waals surface area contributed by atoms with Crippen molar-refractivity contribution in [1.82, 2.24) is 4.90 Å². The Morgan fingerprint density at radius 2 is 1.56 bits per heavy atom. The van der Waals surface area contributed by atoms with E-state index in [0.717, 1.165) is 13.0 Å². The third-order valence-electron chi connectivity index (χ3n) is 3.74. The van der Waals surface area contributed by atoms with Crippen LogP contribution < -0.4 is 0 Å². The number of hydrogen-bond acceptors (Lipinski definition) is 3. The predicted octanol–water partition coefficient (Wildman–Crippen LogP) is 3.62. The van der Waals surface area contributed by atoms with Gasteiger partial charge in [-0.3, -0.25) is 9.69 Å². The van der Waals surface area contributed by atoms with Crippen molar-refractivity contribution in [1.29, 1.82) is 0 Å². The summed E-state index contributed by atoms with van der Waals surface area (Å²) < 4.78 is 4.83. The quantitative estimate of drug-likeness (QED) is 0.442. The largest absolute Gasteiger partial charge is 0.468 e. The van der Waals surface area contributed by atoms with Gasteiger partial charge in [-0.1, -0.05) is 45.4 Å². The van der Waals surface area contributed by atoms with Crippen LogP contribution in [-0.2, 0) is 9.53 Å². The summed E-state index contributed by atoms with van der Waals surface area (Å²) in [6, 6.07) is 0. The van der Waals surface area contributed by atoms with Crippen LogP contribution in [0.3, 0.4) is 0 Å². The predicted molar refractivity (Wildman–Crippen MR) is 76.7 cm³/mol. The zero-order chi connectivity index (χ0) is 14.0. The molecule has 108 valence electrons. The van der Waals surface area contributed by atoms with E-state index in [2.05, 4.69) is 11.8 Å². The molecule has 0 aromatic carbocycles. The van der Waals surface area contributed by atoms with E-state index >= 15 is 0 Å². The van der Waals surface area contributed by atoms with E-state index in [1.165, 1.54) is 45.6 Å². The van der Waals surface area contributed by atoms with Gasteiger partial charge >= 0.3 is 5.97 Å². The molecule has 0 saturated carbocycles. The van der Waals surface area contributed by atoms with E-state index in [1.807, 2.05) is 20.9 Å². The van der Waals surface area contributed by atoms with Gasteiger partial charge in [0.15, 0.2) is 0 Å². The third-order valence-corrected chi connectivity index (χ3v) is 3.74. The zero-order valence-electron chi connectivity index (χ0n) is 12.9. The minimum absolute atomic E-state index is 0.159. The first kappa shape index (κ1) is 17.4. The molecule has 0 bridgehead atoms. The van der Waals surface area contributed by atoms with Crippen LogP contribution >= 0.6 is 0 Å². The first-order valence-corrected chi connectivity index (χ1v) is 7.26. The molecule has 0 rings (SSSR count). The smallest absolute Gasteiger partial charge is 0.325 e.